The van der Waals surface area contributed by atoms with Gasteiger partial charge in [0.2, 0.25) is 5.91 Å². The molecule has 9 heteroatoms. The van der Waals surface area contributed by atoms with Crippen molar-refractivity contribution in [2.75, 3.05) is 13.2 Å². The molecule has 2 aromatic carbocycles. The third kappa shape index (κ3) is 5.94. The highest BCUT2D eigenvalue weighted by molar-refractivity contribution is 5.93. The van der Waals surface area contributed by atoms with E-state index in [0.29, 0.717) is 0 Å². The molecule has 7 nitrogen and oxygen atoms in total. The molecule has 2 aromatic rings. The Morgan fingerprint density at radius 3 is 2.18 bits per heavy atom. The number of carboxylic acid groups (broad SMARTS) is 1. The van der Waals surface area contributed by atoms with Crippen LogP contribution >= 0.6 is 0 Å². The van der Waals surface area contributed by atoms with Gasteiger partial charge in [0.1, 0.15) is 12.6 Å². The molecule has 1 aliphatic carbocycles. The van der Waals surface area contributed by atoms with E-state index in [1.165, 1.54) is 13.0 Å². The molecule has 0 saturated heterocycles. The van der Waals surface area contributed by atoms with Crippen LogP contribution in [0.3, 0.4) is 0 Å². The van der Waals surface area contributed by atoms with Crippen molar-refractivity contribution in [2.24, 2.45) is 0 Å². The predicted molar refractivity (Wildman–Crippen MR) is 117 cm³/mol. The van der Waals surface area contributed by atoms with E-state index in [4.69, 9.17) is 9.84 Å². The van der Waals surface area contributed by atoms with Gasteiger partial charge in [-0.2, -0.15) is 0 Å². The minimum absolute atomic E-state index is 0.0602. The lowest BCUT2D eigenvalue weighted by molar-refractivity contribution is -0.138. The van der Waals surface area contributed by atoms with Crippen molar-refractivity contribution in [2.45, 2.75) is 31.7 Å². The van der Waals surface area contributed by atoms with E-state index in [9.17, 15) is 23.2 Å². The van der Waals surface area contributed by atoms with Crippen molar-refractivity contribution in [3.63, 3.8) is 0 Å². The van der Waals surface area contributed by atoms with E-state index in [1.807, 2.05) is 53.8 Å². The molecule has 174 valence electrons. The van der Waals surface area contributed by atoms with Gasteiger partial charge < -0.3 is 20.5 Å². The standard InChI is InChI=1S/C24H24F2N2O5/c1-14(23(31)28-20(22(25)26)12-21(29)30)10-11-27-24(32)33-13-19-17-8-4-2-6-15(17)16-7-3-5-9-18(16)19/h2-10,19-20,22H,11-13H2,1H3,(H,27,32)(H,28,31)(H,29,30)/b14-10+. The quantitative estimate of drug-likeness (QED) is 0.497. The molecule has 1 aliphatic rings. The number of hydrogen-bond acceptors (Lipinski definition) is 4. The number of aliphatic carboxylic acids is 1. The summed E-state index contributed by atoms with van der Waals surface area (Å²) in [6, 6.07) is 14.1. The molecule has 3 N–H and O–H groups in total. The van der Waals surface area contributed by atoms with Crippen molar-refractivity contribution in [1.82, 2.24) is 10.6 Å². The van der Waals surface area contributed by atoms with Gasteiger partial charge in [0, 0.05) is 18.0 Å². The van der Waals surface area contributed by atoms with Gasteiger partial charge in [-0.05, 0) is 29.2 Å². The summed E-state index contributed by atoms with van der Waals surface area (Å²) in [4.78, 5) is 34.8. The number of fused-ring (bicyclic) bond motifs is 3. The first-order chi connectivity index (χ1) is 15.8. The zero-order valence-electron chi connectivity index (χ0n) is 17.9. The summed E-state index contributed by atoms with van der Waals surface area (Å²) >= 11 is 0. The van der Waals surface area contributed by atoms with Crippen LogP contribution in [0.4, 0.5) is 13.6 Å². The fourth-order valence-electron chi connectivity index (χ4n) is 3.70. The van der Waals surface area contributed by atoms with Gasteiger partial charge in [-0.3, -0.25) is 9.59 Å². The molecule has 3 rings (SSSR count). The zero-order chi connectivity index (χ0) is 24.0. The van der Waals surface area contributed by atoms with Crippen molar-refractivity contribution in [3.8, 4) is 11.1 Å². The molecule has 0 heterocycles. The summed E-state index contributed by atoms with van der Waals surface area (Å²) in [6.07, 6.45) is -3.26. The second-order valence-corrected chi connectivity index (χ2v) is 7.61. The smallest absolute Gasteiger partial charge is 0.407 e. The first-order valence-corrected chi connectivity index (χ1v) is 10.3. The van der Waals surface area contributed by atoms with Gasteiger partial charge in [-0.15, -0.1) is 0 Å². The number of carbonyl (C=O) groups excluding carboxylic acids is 2. The summed E-state index contributed by atoms with van der Waals surface area (Å²) in [6.45, 7) is 1.44. The Hall–Kier alpha value is -3.75. The lowest BCUT2D eigenvalue weighted by atomic mass is 9.98. The molecule has 0 aromatic heterocycles. The number of hydrogen-bond donors (Lipinski definition) is 3. The zero-order valence-corrected chi connectivity index (χ0v) is 17.9. The molecule has 0 bridgehead atoms. The van der Waals surface area contributed by atoms with Gasteiger partial charge in [0.25, 0.3) is 6.43 Å². The van der Waals surface area contributed by atoms with Crippen LogP contribution in [-0.4, -0.2) is 48.7 Å². The Kier molecular flexibility index (Phi) is 7.76. The van der Waals surface area contributed by atoms with Crippen molar-refractivity contribution in [1.29, 1.82) is 0 Å². The molecule has 2 amide bonds. The molecule has 33 heavy (non-hydrogen) atoms. The van der Waals surface area contributed by atoms with Gasteiger partial charge in [0.15, 0.2) is 0 Å². The number of carboxylic acids is 1. The largest absolute Gasteiger partial charge is 0.481 e. The number of rotatable bonds is 9. The van der Waals surface area contributed by atoms with Crippen molar-refractivity contribution in [3.05, 3.63) is 71.3 Å². The highest BCUT2D eigenvalue weighted by Crippen LogP contribution is 2.44. The third-order valence-corrected chi connectivity index (χ3v) is 5.37. The average molecular weight is 458 g/mol. The van der Waals surface area contributed by atoms with Crippen molar-refractivity contribution < 1.29 is 33.0 Å². The minimum atomic E-state index is -3.02. The highest BCUT2D eigenvalue weighted by Gasteiger charge is 2.29. The fourth-order valence-corrected chi connectivity index (χ4v) is 3.70. The maximum atomic E-state index is 12.9. The Balaban J connectivity index is 1.51. The summed E-state index contributed by atoms with van der Waals surface area (Å²) in [5.41, 5.74) is 4.43. The molecule has 0 aliphatic heterocycles. The van der Waals surface area contributed by atoms with E-state index in [-0.39, 0.29) is 24.6 Å². The molecule has 0 fully saturated rings. The van der Waals surface area contributed by atoms with Crippen molar-refractivity contribution >= 4 is 18.0 Å². The molecule has 0 saturated carbocycles. The molecular formula is C24H24F2N2O5. The number of amides is 2. The Labute approximate surface area is 189 Å². The average Bonchev–Trinajstić information content (AvgIpc) is 3.10. The minimum Gasteiger partial charge on any atom is -0.481 e. The van der Waals surface area contributed by atoms with Crippen LogP contribution in [0.1, 0.15) is 30.4 Å². The molecular weight excluding hydrogens is 434 g/mol. The van der Waals surface area contributed by atoms with Gasteiger partial charge in [0.05, 0.1) is 6.42 Å². The van der Waals surface area contributed by atoms with Crippen LogP contribution in [0.2, 0.25) is 0 Å². The molecule has 1 unspecified atom stereocenters. The summed E-state index contributed by atoms with van der Waals surface area (Å²) in [5, 5.41) is 13.1. The predicted octanol–water partition coefficient (Wildman–Crippen LogP) is 3.70. The Bertz CT molecular complexity index is 1020. The van der Waals surface area contributed by atoms with Gasteiger partial charge in [-0.25, -0.2) is 13.6 Å². The number of nitrogens with one attached hydrogen (secondary N) is 2. The van der Waals surface area contributed by atoms with E-state index in [1.54, 1.807) is 0 Å². The molecule has 0 radical (unpaired) electrons. The first kappa shape index (κ1) is 23.9. The topological polar surface area (TPSA) is 105 Å². The summed E-state index contributed by atoms with van der Waals surface area (Å²) < 4.78 is 31.1. The van der Waals surface area contributed by atoms with Crippen LogP contribution < -0.4 is 10.6 Å². The maximum Gasteiger partial charge on any atom is 0.407 e. The number of alkyl halides is 2. The number of halogens is 2. The van der Waals surface area contributed by atoms with E-state index in [2.05, 4.69) is 5.32 Å². The first-order valence-electron chi connectivity index (χ1n) is 10.3. The van der Waals surface area contributed by atoms with E-state index < -0.39 is 36.9 Å². The third-order valence-electron chi connectivity index (χ3n) is 5.37. The van der Waals surface area contributed by atoms with E-state index >= 15 is 0 Å². The summed E-state index contributed by atoms with van der Waals surface area (Å²) in [5.74, 6) is -2.37. The van der Waals surface area contributed by atoms with Crippen LogP contribution in [0.5, 0.6) is 0 Å². The van der Waals surface area contributed by atoms with E-state index in [0.717, 1.165) is 22.3 Å². The van der Waals surface area contributed by atoms with Gasteiger partial charge >= 0.3 is 12.1 Å². The lowest BCUT2D eigenvalue weighted by Crippen LogP contribution is -2.42. The van der Waals surface area contributed by atoms with Crippen LogP contribution in [0.15, 0.2) is 60.2 Å². The fraction of sp³-hybridized carbons (Fsp3) is 0.292. The number of ether oxygens (including phenoxy) is 1. The second kappa shape index (κ2) is 10.7. The maximum absolute atomic E-state index is 12.9. The number of alkyl carbamates (subject to hydrolysis) is 1. The van der Waals surface area contributed by atoms with Crippen LogP contribution in [0.25, 0.3) is 11.1 Å². The number of carbonyl (C=O) groups is 3. The molecule has 0 spiro atoms. The second-order valence-electron chi connectivity index (χ2n) is 7.61. The lowest BCUT2D eigenvalue weighted by Gasteiger charge is -2.16. The van der Waals surface area contributed by atoms with Crippen LogP contribution in [-0.2, 0) is 14.3 Å². The van der Waals surface area contributed by atoms with Gasteiger partial charge in [-0.1, -0.05) is 54.6 Å². The number of benzene rings is 2. The molecule has 1 atom stereocenters. The monoisotopic (exact) mass is 458 g/mol. The normalized spacial score (nSPS) is 13.8. The van der Waals surface area contributed by atoms with Crippen LogP contribution in [0, 0.1) is 0 Å². The Morgan fingerprint density at radius 1 is 1.06 bits per heavy atom. The summed E-state index contributed by atoms with van der Waals surface area (Å²) in [7, 11) is 0. The highest BCUT2D eigenvalue weighted by atomic mass is 19.3. The Morgan fingerprint density at radius 2 is 1.64 bits per heavy atom. The SMILES string of the molecule is C/C(=C\CNC(=O)OCC1c2ccccc2-c2ccccc21)C(=O)NC(CC(=O)O)C(F)F.